The number of aromatic amines is 1. The monoisotopic (exact) mass is 340 g/mol. The summed E-state index contributed by atoms with van der Waals surface area (Å²) in [5.74, 6) is -0.438. The molecule has 2 aromatic heterocycles. The van der Waals surface area contributed by atoms with Crippen molar-refractivity contribution in [1.82, 2.24) is 9.97 Å². The number of halogens is 1. The quantitative estimate of drug-likeness (QED) is 0.773. The molecule has 1 atom stereocenters. The van der Waals surface area contributed by atoms with Gasteiger partial charge in [-0.2, -0.15) is 0 Å². The molecule has 6 nitrogen and oxygen atoms in total. The molecule has 0 radical (unpaired) electrons. The molecule has 0 aromatic carbocycles. The highest BCUT2D eigenvalue weighted by Gasteiger charge is 2.21. The molecule has 2 heterocycles. The van der Waals surface area contributed by atoms with Gasteiger partial charge >= 0.3 is 0 Å². The molecular formula is C14H17ClN4O2S. The summed E-state index contributed by atoms with van der Waals surface area (Å²) in [4.78, 5) is 32.3. The second-order valence-electron chi connectivity index (χ2n) is 5.24. The molecule has 8 heteroatoms. The summed E-state index contributed by atoms with van der Waals surface area (Å²) < 4.78 is 0. The van der Waals surface area contributed by atoms with E-state index in [1.54, 1.807) is 6.92 Å². The first-order chi connectivity index (χ1) is 10.0. The Hall–Kier alpha value is -1.70. The maximum Gasteiger partial charge on any atom is 0.262 e. The fraction of sp³-hybridized carbons (Fsp3) is 0.357. The van der Waals surface area contributed by atoms with Crippen LogP contribution in [-0.2, 0) is 12.8 Å². The Morgan fingerprint density at radius 1 is 1.55 bits per heavy atom. The van der Waals surface area contributed by atoms with Gasteiger partial charge < -0.3 is 10.7 Å². The number of H-pyrrole nitrogens is 1. The van der Waals surface area contributed by atoms with Crippen LogP contribution in [0.1, 0.15) is 33.0 Å². The number of thiazole rings is 1. The molecule has 0 saturated heterocycles. The Labute approximate surface area is 137 Å². The lowest BCUT2D eigenvalue weighted by Gasteiger charge is -2.15. The summed E-state index contributed by atoms with van der Waals surface area (Å²) in [5, 5.41) is 3.23. The number of amides is 1. The van der Waals surface area contributed by atoms with Crippen molar-refractivity contribution in [3.63, 3.8) is 0 Å². The molecule has 3 rings (SSSR count). The lowest BCUT2D eigenvalue weighted by Crippen LogP contribution is -2.27. The lowest BCUT2D eigenvalue weighted by atomic mass is 9.99. The van der Waals surface area contributed by atoms with E-state index in [0.717, 1.165) is 35.5 Å². The number of nitrogens with zero attached hydrogens (tertiary/aromatic N) is 1. The van der Waals surface area contributed by atoms with Gasteiger partial charge in [0.25, 0.3) is 5.91 Å². The van der Waals surface area contributed by atoms with Crippen molar-refractivity contribution in [2.75, 3.05) is 5.32 Å². The van der Waals surface area contributed by atoms with Crippen LogP contribution in [-0.4, -0.2) is 21.9 Å². The highest BCUT2D eigenvalue weighted by atomic mass is 35.5. The van der Waals surface area contributed by atoms with E-state index < -0.39 is 5.91 Å². The minimum Gasteiger partial charge on any atom is -0.364 e. The normalized spacial score (nSPS) is 16.5. The smallest absolute Gasteiger partial charge is 0.262 e. The first-order valence-electron chi connectivity index (χ1n) is 6.78. The number of fused-ring (bicyclic) bond motifs is 1. The molecule has 0 bridgehead atoms. The Morgan fingerprint density at radius 3 is 3.05 bits per heavy atom. The van der Waals surface area contributed by atoms with Gasteiger partial charge in [-0.15, -0.1) is 23.7 Å². The Bertz CT molecular complexity index is 756. The standard InChI is InChI=1S/C14H16N4O2S.ClH/c1-7-4-11(19)9(6-16-7)13(20)18-14-17-10-3-2-8(15)5-12(10)21-14;/h4,6,8H,2-3,5,15H2,1H3,(H,16,19)(H,17,18,20);1H/t8-;/m0./s1. The maximum absolute atomic E-state index is 12.1. The molecule has 118 valence electrons. The molecule has 1 amide bonds. The Kier molecular flexibility index (Phi) is 5.00. The van der Waals surface area contributed by atoms with E-state index >= 15 is 0 Å². The van der Waals surface area contributed by atoms with Crippen LogP contribution in [0.25, 0.3) is 0 Å². The topological polar surface area (TPSA) is 101 Å². The SMILES string of the molecule is Cc1cc(=O)c(C(=O)Nc2nc3c(s2)C[C@@H](N)CC3)c[nH]1.Cl. The van der Waals surface area contributed by atoms with Crippen molar-refractivity contribution < 1.29 is 4.79 Å². The van der Waals surface area contributed by atoms with E-state index in [-0.39, 0.29) is 29.4 Å². The zero-order chi connectivity index (χ0) is 15.0. The molecule has 0 spiro atoms. The van der Waals surface area contributed by atoms with E-state index in [0.29, 0.717) is 5.13 Å². The highest BCUT2D eigenvalue weighted by molar-refractivity contribution is 7.15. The van der Waals surface area contributed by atoms with Gasteiger partial charge in [-0.25, -0.2) is 4.98 Å². The third-order valence-corrected chi connectivity index (χ3v) is 4.54. The van der Waals surface area contributed by atoms with Gasteiger partial charge in [-0.05, 0) is 26.2 Å². The van der Waals surface area contributed by atoms with Crippen molar-refractivity contribution in [3.05, 3.63) is 44.3 Å². The maximum atomic E-state index is 12.1. The minimum atomic E-state index is -0.438. The second-order valence-corrected chi connectivity index (χ2v) is 6.32. The van der Waals surface area contributed by atoms with Gasteiger partial charge in [0.2, 0.25) is 0 Å². The van der Waals surface area contributed by atoms with Crippen molar-refractivity contribution in [2.45, 2.75) is 32.2 Å². The first-order valence-corrected chi connectivity index (χ1v) is 7.59. The van der Waals surface area contributed by atoms with E-state index in [4.69, 9.17) is 5.73 Å². The molecule has 1 aliphatic carbocycles. The average molecular weight is 341 g/mol. The molecule has 22 heavy (non-hydrogen) atoms. The number of pyridine rings is 1. The molecule has 4 N–H and O–H groups in total. The van der Waals surface area contributed by atoms with E-state index in [9.17, 15) is 9.59 Å². The average Bonchev–Trinajstić information content (AvgIpc) is 2.79. The summed E-state index contributed by atoms with van der Waals surface area (Å²) in [5.41, 5.74) is 7.45. The van der Waals surface area contributed by atoms with Gasteiger partial charge in [0.05, 0.1) is 5.69 Å². The Balaban J connectivity index is 0.00000176. The summed E-state index contributed by atoms with van der Waals surface area (Å²) in [6.07, 6.45) is 3.99. The predicted molar refractivity (Wildman–Crippen MR) is 89.1 cm³/mol. The van der Waals surface area contributed by atoms with Crippen molar-refractivity contribution in [3.8, 4) is 0 Å². The number of aromatic nitrogens is 2. The number of rotatable bonds is 2. The van der Waals surface area contributed by atoms with Crippen LogP contribution in [0.4, 0.5) is 5.13 Å². The number of anilines is 1. The van der Waals surface area contributed by atoms with Crippen LogP contribution < -0.4 is 16.5 Å². The van der Waals surface area contributed by atoms with Crippen molar-refractivity contribution >= 4 is 34.8 Å². The summed E-state index contributed by atoms with van der Waals surface area (Å²) >= 11 is 1.44. The molecule has 1 aliphatic rings. The van der Waals surface area contributed by atoms with Gasteiger partial charge in [0.15, 0.2) is 10.6 Å². The predicted octanol–water partition coefficient (Wildman–Crippen LogP) is 1.63. The molecule has 0 unspecified atom stereocenters. The van der Waals surface area contributed by atoms with E-state index in [1.807, 2.05) is 0 Å². The number of hydrogen-bond donors (Lipinski definition) is 3. The number of nitrogens with one attached hydrogen (secondary N) is 2. The number of carbonyl (C=O) groups is 1. The number of nitrogens with two attached hydrogens (primary N) is 1. The Morgan fingerprint density at radius 2 is 2.32 bits per heavy atom. The van der Waals surface area contributed by atoms with Crippen LogP contribution >= 0.6 is 23.7 Å². The highest BCUT2D eigenvalue weighted by Crippen LogP contribution is 2.29. The molecule has 0 aliphatic heterocycles. The summed E-state index contributed by atoms with van der Waals surface area (Å²) in [6, 6.07) is 1.57. The number of carbonyl (C=O) groups excluding carboxylic acids is 1. The largest absolute Gasteiger partial charge is 0.364 e. The first kappa shape index (κ1) is 16.7. The molecule has 0 saturated carbocycles. The van der Waals surface area contributed by atoms with Gasteiger partial charge in [0, 0.05) is 28.9 Å². The fourth-order valence-corrected chi connectivity index (χ4v) is 3.46. The van der Waals surface area contributed by atoms with Crippen molar-refractivity contribution in [2.24, 2.45) is 5.73 Å². The van der Waals surface area contributed by atoms with Crippen LogP contribution in [0.5, 0.6) is 0 Å². The summed E-state index contributed by atoms with van der Waals surface area (Å²) in [6.45, 7) is 1.77. The minimum absolute atomic E-state index is 0. The molecule has 2 aromatic rings. The summed E-state index contributed by atoms with van der Waals surface area (Å²) in [7, 11) is 0. The number of hydrogen-bond acceptors (Lipinski definition) is 5. The van der Waals surface area contributed by atoms with Gasteiger partial charge in [-0.1, -0.05) is 0 Å². The van der Waals surface area contributed by atoms with Crippen LogP contribution in [0.3, 0.4) is 0 Å². The second kappa shape index (κ2) is 6.60. The van der Waals surface area contributed by atoms with Gasteiger partial charge in [0.1, 0.15) is 5.56 Å². The van der Waals surface area contributed by atoms with Crippen molar-refractivity contribution in [1.29, 1.82) is 0 Å². The number of aryl methyl sites for hydroxylation is 2. The molecule has 0 fully saturated rings. The van der Waals surface area contributed by atoms with E-state index in [2.05, 4.69) is 15.3 Å². The molecular weight excluding hydrogens is 324 g/mol. The van der Waals surface area contributed by atoms with E-state index in [1.165, 1.54) is 23.6 Å². The fourth-order valence-electron chi connectivity index (χ4n) is 2.37. The van der Waals surface area contributed by atoms with Crippen LogP contribution in [0, 0.1) is 6.92 Å². The van der Waals surface area contributed by atoms with Crippen LogP contribution in [0.15, 0.2) is 17.1 Å². The van der Waals surface area contributed by atoms with Crippen LogP contribution in [0.2, 0.25) is 0 Å². The zero-order valence-corrected chi connectivity index (χ0v) is 13.6. The third kappa shape index (κ3) is 3.37. The third-order valence-electron chi connectivity index (χ3n) is 3.50. The zero-order valence-electron chi connectivity index (χ0n) is 12.0. The lowest BCUT2D eigenvalue weighted by molar-refractivity contribution is 0.102. The van der Waals surface area contributed by atoms with Gasteiger partial charge in [-0.3, -0.25) is 14.9 Å².